The van der Waals surface area contributed by atoms with Crippen LogP contribution in [-0.2, 0) is 6.54 Å². The minimum atomic E-state index is 0.495. The van der Waals surface area contributed by atoms with Crippen molar-refractivity contribution in [3.63, 3.8) is 0 Å². The van der Waals surface area contributed by atoms with Crippen LogP contribution in [0.15, 0.2) is 18.2 Å². The normalized spacial score (nSPS) is 19.8. The van der Waals surface area contributed by atoms with E-state index < -0.39 is 0 Å². The molecule has 1 N–H and O–H groups in total. The Morgan fingerprint density at radius 2 is 2.22 bits per heavy atom. The smallest absolute Gasteiger partial charge is 0.0412 e. The topological polar surface area (TPSA) is 15.3 Å². The Bertz CT molecular complexity index is 403. The minimum absolute atomic E-state index is 0.495. The second-order valence-corrected chi connectivity index (χ2v) is 6.08. The maximum Gasteiger partial charge on any atom is 0.0412 e. The molecule has 1 saturated heterocycles. The van der Waals surface area contributed by atoms with E-state index in [0.29, 0.717) is 6.04 Å². The van der Waals surface area contributed by atoms with Crippen LogP contribution in [0, 0.1) is 5.92 Å². The van der Waals surface area contributed by atoms with Crippen LogP contribution in [0.1, 0.15) is 32.8 Å². The van der Waals surface area contributed by atoms with Crippen molar-refractivity contribution in [1.82, 2.24) is 5.32 Å². The van der Waals surface area contributed by atoms with Gasteiger partial charge in [0.15, 0.2) is 0 Å². The lowest BCUT2D eigenvalue weighted by atomic mass is 10.1. The molecule has 1 unspecified atom stereocenters. The van der Waals surface area contributed by atoms with Crippen LogP contribution in [-0.4, -0.2) is 19.1 Å². The van der Waals surface area contributed by atoms with Gasteiger partial charge in [0.25, 0.3) is 0 Å². The number of hydrogen-bond donors (Lipinski definition) is 1. The highest BCUT2D eigenvalue weighted by molar-refractivity contribution is 6.30. The molecule has 1 aliphatic rings. The third kappa shape index (κ3) is 3.39. The molecular formula is C15H23ClN2. The molecule has 1 aromatic rings. The van der Waals surface area contributed by atoms with Gasteiger partial charge in [-0.2, -0.15) is 0 Å². The Labute approximate surface area is 115 Å². The summed E-state index contributed by atoms with van der Waals surface area (Å²) in [5, 5.41) is 4.30. The summed E-state index contributed by atoms with van der Waals surface area (Å²) in [5.74, 6) is 0.798. The predicted molar refractivity (Wildman–Crippen MR) is 79.4 cm³/mol. The molecule has 1 fully saturated rings. The number of hydrogen-bond acceptors (Lipinski definition) is 2. The van der Waals surface area contributed by atoms with Crippen LogP contribution in [0.5, 0.6) is 0 Å². The Balaban J connectivity index is 2.17. The molecule has 1 atom stereocenters. The van der Waals surface area contributed by atoms with Gasteiger partial charge in [-0.25, -0.2) is 0 Å². The van der Waals surface area contributed by atoms with Gasteiger partial charge < -0.3 is 10.2 Å². The van der Waals surface area contributed by atoms with Crippen molar-refractivity contribution in [2.75, 3.05) is 18.0 Å². The molecule has 0 amide bonds. The van der Waals surface area contributed by atoms with E-state index in [4.69, 9.17) is 11.6 Å². The van der Waals surface area contributed by atoms with E-state index >= 15 is 0 Å². The van der Waals surface area contributed by atoms with Crippen molar-refractivity contribution >= 4 is 17.3 Å². The lowest BCUT2D eigenvalue weighted by molar-refractivity contribution is 0.588. The average Bonchev–Trinajstić information content (AvgIpc) is 2.73. The minimum Gasteiger partial charge on any atom is -0.371 e. The molecule has 1 aromatic carbocycles. The lowest BCUT2D eigenvalue weighted by Crippen LogP contribution is -2.25. The highest BCUT2D eigenvalue weighted by Crippen LogP contribution is 2.29. The first-order chi connectivity index (χ1) is 8.56. The van der Waals surface area contributed by atoms with Crippen LogP contribution in [0.2, 0.25) is 5.02 Å². The van der Waals surface area contributed by atoms with E-state index in [-0.39, 0.29) is 0 Å². The first-order valence-corrected chi connectivity index (χ1v) is 7.21. The number of nitrogens with zero attached hydrogens (tertiary/aromatic N) is 1. The van der Waals surface area contributed by atoms with E-state index in [0.717, 1.165) is 30.6 Å². The van der Waals surface area contributed by atoms with Gasteiger partial charge in [0.2, 0.25) is 0 Å². The molecule has 18 heavy (non-hydrogen) atoms. The molecule has 0 aromatic heterocycles. The molecule has 0 saturated carbocycles. The summed E-state index contributed by atoms with van der Waals surface area (Å²) < 4.78 is 0. The summed E-state index contributed by atoms with van der Waals surface area (Å²) in [6.45, 7) is 9.87. The van der Waals surface area contributed by atoms with E-state index in [9.17, 15) is 0 Å². The SMILES string of the molecule is CC1CCN(c2ccc(Cl)cc2CNC(C)C)C1. The standard InChI is InChI=1S/C15H23ClN2/c1-11(2)17-9-13-8-14(16)4-5-15(13)18-7-6-12(3)10-18/h4-5,8,11-12,17H,6-7,9-10H2,1-3H3. The molecule has 100 valence electrons. The third-order valence-corrected chi connectivity index (χ3v) is 3.74. The monoisotopic (exact) mass is 266 g/mol. The molecule has 0 aliphatic carbocycles. The zero-order valence-corrected chi connectivity index (χ0v) is 12.3. The van der Waals surface area contributed by atoms with Crippen molar-refractivity contribution in [1.29, 1.82) is 0 Å². The number of anilines is 1. The fourth-order valence-corrected chi connectivity index (χ4v) is 2.67. The van der Waals surface area contributed by atoms with Crippen LogP contribution in [0.25, 0.3) is 0 Å². The Hall–Kier alpha value is -0.730. The fourth-order valence-electron chi connectivity index (χ4n) is 2.47. The van der Waals surface area contributed by atoms with Gasteiger partial charge in [0.1, 0.15) is 0 Å². The lowest BCUT2D eigenvalue weighted by Gasteiger charge is -2.23. The Kier molecular flexibility index (Phi) is 4.52. The molecule has 0 radical (unpaired) electrons. The molecule has 0 spiro atoms. The van der Waals surface area contributed by atoms with Gasteiger partial charge in [0.05, 0.1) is 0 Å². The van der Waals surface area contributed by atoms with Crippen molar-refractivity contribution in [3.8, 4) is 0 Å². The van der Waals surface area contributed by atoms with Gasteiger partial charge in [-0.1, -0.05) is 32.4 Å². The first-order valence-electron chi connectivity index (χ1n) is 6.83. The summed E-state index contributed by atoms with van der Waals surface area (Å²) in [4.78, 5) is 2.48. The molecule has 3 heteroatoms. The quantitative estimate of drug-likeness (QED) is 0.894. The van der Waals surface area contributed by atoms with Gasteiger partial charge in [-0.3, -0.25) is 0 Å². The van der Waals surface area contributed by atoms with Crippen LogP contribution in [0.4, 0.5) is 5.69 Å². The highest BCUT2D eigenvalue weighted by atomic mass is 35.5. The van der Waals surface area contributed by atoms with E-state index in [1.807, 2.05) is 6.07 Å². The maximum atomic E-state index is 6.12. The molecule has 2 nitrogen and oxygen atoms in total. The van der Waals surface area contributed by atoms with Crippen molar-refractivity contribution in [2.24, 2.45) is 5.92 Å². The Morgan fingerprint density at radius 3 is 2.83 bits per heavy atom. The summed E-state index contributed by atoms with van der Waals surface area (Å²) in [5.41, 5.74) is 2.65. The number of halogens is 1. The van der Waals surface area contributed by atoms with Crippen molar-refractivity contribution in [2.45, 2.75) is 39.8 Å². The van der Waals surface area contributed by atoms with Gasteiger partial charge in [-0.05, 0) is 36.1 Å². The van der Waals surface area contributed by atoms with Crippen molar-refractivity contribution < 1.29 is 0 Å². The largest absolute Gasteiger partial charge is 0.371 e. The molecule has 1 heterocycles. The molecular weight excluding hydrogens is 244 g/mol. The summed E-state index contributed by atoms with van der Waals surface area (Å²) in [6.07, 6.45) is 1.29. The average molecular weight is 267 g/mol. The maximum absolute atomic E-state index is 6.12. The second-order valence-electron chi connectivity index (χ2n) is 5.65. The molecule has 1 aliphatic heterocycles. The summed E-state index contributed by atoms with van der Waals surface area (Å²) >= 11 is 6.12. The van der Waals surface area contributed by atoms with Gasteiger partial charge in [0, 0.05) is 36.4 Å². The van der Waals surface area contributed by atoms with E-state index in [1.54, 1.807) is 0 Å². The zero-order chi connectivity index (χ0) is 13.1. The summed E-state index contributed by atoms with van der Waals surface area (Å²) in [7, 11) is 0. The van der Waals surface area contributed by atoms with E-state index in [1.165, 1.54) is 17.7 Å². The number of nitrogens with one attached hydrogen (secondary N) is 1. The van der Waals surface area contributed by atoms with Crippen LogP contribution in [0.3, 0.4) is 0 Å². The highest BCUT2D eigenvalue weighted by Gasteiger charge is 2.21. The van der Waals surface area contributed by atoms with Gasteiger partial charge in [-0.15, -0.1) is 0 Å². The molecule has 2 rings (SSSR count). The van der Waals surface area contributed by atoms with Crippen LogP contribution < -0.4 is 10.2 Å². The molecule has 0 bridgehead atoms. The summed E-state index contributed by atoms with van der Waals surface area (Å²) in [6, 6.07) is 6.75. The predicted octanol–water partition coefficient (Wildman–Crippen LogP) is 3.68. The fraction of sp³-hybridized carbons (Fsp3) is 0.600. The second kappa shape index (κ2) is 5.94. The number of benzene rings is 1. The van der Waals surface area contributed by atoms with Gasteiger partial charge >= 0.3 is 0 Å². The Morgan fingerprint density at radius 1 is 1.44 bits per heavy atom. The van der Waals surface area contributed by atoms with E-state index in [2.05, 4.69) is 43.1 Å². The van der Waals surface area contributed by atoms with Crippen molar-refractivity contribution in [3.05, 3.63) is 28.8 Å². The first kappa shape index (κ1) is 13.7. The zero-order valence-electron chi connectivity index (χ0n) is 11.5. The van der Waals surface area contributed by atoms with Crippen LogP contribution >= 0.6 is 11.6 Å². The number of rotatable bonds is 4. The third-order valence-electron chi connectivity index (χ3n) is 3.51.